The number of nitrogens with zero attached hydrogens (tertiary/aromatic N) is 1. The maximum atomic E-state index is 13.7. The summed E-state index contributed by atoms with van der Waals surface area (Å²) in [4.78, 5) is 28.8. The van der Waals surface area contributed by atoms with Crippen molar-refractivity contribution in [3.8, 4) is 0 Å². The van der Waals surface area contributed by atoms with Gasteiger partial charge in [-0.3, -0.25) is 9.59 Å². The van der Waals surface area contributed by atoms with Gasteiger partial charge in [0.05, 0.1) is 6.42 Å². The molecule has 0 aliphatic heterocycles. The minimum atomic E-state index is -0.677. The van der Waals surface area contributed by atoms with E-state index >= 15 is 0 Å². The van der Waals surface area contributed by atoms with Crippen LogP contribution in [0.1, 0.15) is 36.1 Å². The van der Waals surface area contributed by atoms with Gasteiger partial charge in [0, 0.05) is 29.1 Å². The van der Waals surface area contributed by atoms with E-state index in [0.717, 1.165) is 16.7 Å². The minimum absolute atomic E-state index is 0.0487. The molecule has 0 radical (unpaired) electrons. The first-order valence-electron chi connectivity index (χ1n) is 11.4. The zero-order valence-corrected chi connectivity index (χ0v) is 21.2. The van der Waals surface area contributed by atoms with Crippen molar-refractivity contribution in [3.05, 3.63) is 105 Å². The highest BCUT2D eigenvalue weighted by atomic mass is 35.5. The molecule has 0 saturated heterocycles. The van der Waals surface area contributed by atoms with Gasteiger partial charge in [0.1, 0.15) is 6.04 Å². The van der Waals surface area contributed by atoms with Gasteiger partial charge in [-0.15, -0.1) is 0 Å². The minimum Gasteiger partial charge on any atom is -0.352 e. The van der Waals surface area contributed by atoms with Gasteiger partial charge >= 0.3 is 0 Å². The lowest BCUT2D eigenvalue weighted by Gasteiger charge is -2.32. The summed E-state index contributed by atoms with van der Waals surface area (Å²) in [5, 5.41) is 3.95. The van der Waals surface area contributed by atoms with Gasteiger partial charge in [0.25, 0.3) is 0 Å². The number of hydrogen-bond acceptors (Lipinski definition) is 2. The van der Waals surface area contributed by atoms with Crippen LogP contribution >= 0.6 is 23.2 Å². The lowest BCUT2D eigenvalue weighted by atomic mass is 10.0. The molecule has 3 rings (SSSR count). The van der Waals surface area contributed by atoms with Crippen LogP contribution in [0.5, 0.6) is 0 Å². The molecule has 0 heterocycles. The third-order valence-electron chi connectivity index (χ3n) is 5.49. The van der Waals surface area contributed by atoms with E-state index in [1.165, 1.54) is 0 Å². The zero-order chi connectivity index (χ0) is 24.7. The monoisotopic (exact) mass is 496 g/mol. The normalized spacial score (nSPS) is 11.8. The van der Waals surface area contributed by atoms with Crippen LogP contribution in [-0.2, 0) is 29.0 Å². The first kappa shape index (κ1) is 25.8. The largest absolute Gasteiger partial charge is 0.352 e. The Morgan fingerprint density at radius 2 is 1.62 bits per heavy atom. The molecule has 4 nitrogen and oxygen atoms in total. The molecule has 0 aliphatic carbocycles. The van der Waals surface area contributed by atoms with Crippen LogP contribution in [0.3, 0.4) is 0 Å². The van der Waals surface area contributed by atoms with Crippen molar-refractivity contribution in [1.82, 2.24) is 10.2 Å². The lowest BCUT2D eigenvalue weighted by Crippen LogP contribution is -2.52. The van der Waals surface area contributed by atoms with Crippen molar-refractivity contribution in [3.63, 3.8) is 0 Å². The fourth-order valence-electron chi connectivity index (χ4n) is 3.87. The molecule has 0 saturated carbocycles. The number of halogens is 2. The van der Waals surface area contributed by atoms with Crippen LogP contribution < -0.4 is 5.32 Å². The van der Waals surface area contributed by atoms with Crippen molar-refractivity contribution in [1.29, 1.82) is 0 Å². The Bertz CT molecular complexity index is 1130. The summed E-state index contributed by atoms with van der Waals surface area (Å²) in [6.07, 6.45) is 0.480. The molecular formula is C28H30Cl2N2O2. The fourth-order valence-corrected chi connectivity index (χ4v) is 4.35. The standard InChI is InChI=1S/C28H30Cl2N2O2/c1-19(2)31-28(34)26(15-21-9-5-4-6-10-21)32(18-22-11-7-8-20(3)14-22)27(33)16-23-12-13-24(29)17-25(23)30/h4-14,17,19,26H,15-16,18H2,1-3H3,(H,31,34). The van der Waals surface area contributed by atoms with Crippen molar-refractivity contribution < 1.29 is 9.59 Å². The predicted molar refractivity (Wildman–Crippen MR) is 139 cm³/mol. The summed E-state index contributed by atoms with van der Waals surface area (Å²) >= 11 is 12.4. The van der Waals surface area contributed by atoms with Gasteiger partial charge < -0.3 is 10.2 Å². The van der Waals surface area contributed by atoms with Gasteiger partial charge in [0.2, 0.25) is 11.8 Å². The third-order valence-corrected chi connectivity index (χ3v) is 6.08. The van der Waals surface area contributed by atoms with E-state index in [4.69, 9.17) is 23.2 Å². The molecule has 0 spiro atoms. The Balaban J connectivity index is 1.99. The van der Waals surface area contributed by atoms with E-state index in [1.54, 1.807) is 23.1 Å². The second-order valence-corrected chi connectivity index (χ2v) is 9.64. The molecule has 6 heteroatoms. The summed E-state index contributed by atoms with van der Waals surface area (Å²) < 4.78 is 0. The Labute approximate surface area is 211 Å². The molecule has 1 atom stereocenters. The predicted octanol–water partition coefficient (Wildman–Crippen LogP) is 6.01. The summed E-state index contributed by atoms with van der Waals surface area (Å²) in [5.74, 6) is -0.354. The second-order valence-electron chi connectivity index (χ2n) is 8.79. The molecule has 0 fully saturated rings. The van der Waals surface area contributed by atoms with Gasteiger partial charge in [-0.1, -0.05) is 89.4 Å². The molecule has 1 unspecified atom stereocenters. The number of amides is 2. The van der Waals surface area contributed by atoms with Crippen LogP contribution in [0.2, 0.25) is 10.0 Å². The Morgan fingerprint density at radius 1 is 0.912 bits per heavy atom. The third kappa shape index (κ3) is 7.34. The quantitative estimate of drug-likeness (QED) is 0.394. The number of rotatable bonds is 9. The van der Waals surface area contributed by atoms with Crippen molar-refractivity contribution in [2.75, 3.05) is 0 Å². The first-order valence-corrected chi connectivity index (χ1v) is 12.1. The number of nitrogens with one attached hydrogen (secondary N) is 1. The topological polar surface area (TPSA) is 49.4 Å². The van der Waals surface area contributed by atoms with Gasteiger partial charge in [0.15, 0.2) is 0 Å². The Morgan fingerprint density at radius 3 is 2.26 bits per heavy atom. The summed E-state index contributed by atoms with van der Waals surface area (Å²) in [7, 11) is 0. The molecule has 3 aromatic carbocycles. The smallest absolute Gasteiger partial charge is 0.243 e. The Kier molecular flexibility index (Phi) is 9.14. The molecule has 0 aromatic heterocycles. The fraction of sp³-hybridized carbons (Fsp3) is 0.286. The molecule has 2 amide bonds. The number of benzene rings is 3. The van der Waals surface area contributed by atoms with Crippen LogP contribution in [0.15, 0.2) is 72.8 Å². The molecule has 178 valence electrons. The van der Waals surface area contributed by atoms with Crippen LogP contribution in [-0.4, -0.2) is 28.8 Å². The molecule has 0 bridgehead atoms. The molecule has 34 heavy (non-hydrogen) atoms. The maximum absolute atomic E-state index is 13.7. The lowest BCUT2D eigenvalue weighted by molar-refractivity contribution is -0.141. The van der Waals surface area contributed by atoms with E-state index in [2.05, 4.69) is 5.32 Å². The highest BCUT2D eigenvalue weighted by molar-refractivity contribution is 6.35. The summed E-state index contributed by atoms with van der Waals surface area (Å²) in [6, 6.07) is 22.1. The zero-order valence-electron chi connectivity index (χ0n) is 19.7. The average Bonchev–Trinajstić information content (AvgIpc) is 2.78. The van der Waals surface area contributed by atoms with E-state index in [-0.39, 0.29) is 24.3 Å². The van der Waals surface area contributed by atoms with Crippen molar-refractivity contribution in [2.45, 2.75) is 52.2 Å². The average molecular weight is 497 g/mol. The van der Waals surface area contributed by atoms with Gasteiger partial charge in [-0.05, 0) is 49.6 Å². The van der Waals surface area contributed by atoms with E-state index in [0.29, 0.717) is 28.6 Å². The number of carbonyl (C=O) groups excluding carboxylic acids is 2. The van der Waals surface area contributed by atoms with E-state index in [1.807, 2.05) is 75.4 Å². The van der Waals surface area contributed by atoms with Gasteiger partial charge in [-0.2, -0.15) is 0 Å². The molecule has 1 N–H and O–H groups in total. The van der Waals surface area contributed by atoms with Crippen molar-refractivity contribution in [2.24, 2.45) is 0 Å². The van der Waals surface area contributed by atoms with E-state index < -0.39 is 6.04 Å². The Hall–Kier alpha value is -2.82. The second kappa shape index (κ2) is 12.0. The highest BCUT2D eigenvalue weighted by Crippen LogP contribution is 2.23. The summed E-state index contributed by atoms with van der Waals surface area (Å²) in [5.41, 5.74) is 3.72. The van der Waals surface area contributed by atoms with Crippen LogP contribution in [0, 0.1) is 6.92 Å². The molecule has 0 aliphatic rings. The molecule has 3 aromatic rings. The SMILES string of the molecule is Cc1cccc(CN(C(=O)Cc2ccc(Cl)cc2Cl)C(Cc2ccccc2)C(=O)NC(C)C)c1. The maximum Gasteiger partial charge on any atom is 0.243 e. The number of aryl methyl sites for hydroxylation is 1. The van der Waals surface area contributed by atoms with Crippen LogP contribution in [0.4, 0.5) is 0 Å². The van der Waals surface area contributed by atoms with E-state index in [9.17, 15) is 9.59 Å². The van der Waals surface area contributed by atoms with Gasteiger partial charge in [-0.25, -0.2) is 0 Å². The van der Waals surface area contributed by atoms with Crippen molar-refractivity contribution >= 4 is 35.0 Å². The first-order chi connectivity index (χ1) is 16.2. The summed E-state index contributed by atoms with van der Waals surface area (Å²) in [6.45, 7) is 6.15. The number of carbonyl (C=O) groups is 2. The number of hydrogen-bond donors (Lipinski definition) is 1. The molecular weight excluding hydrogens is 467 g/mol. The van der Waals surface area contributed by atoms with Crippen LogP contribution in [0.25, 0.3) is 0 Å². The highest BCUT2D eigenvalue weighted by Gasteiger charge is 2.31.